The van der Waals surface area contributed by atoms with E-state index < -0.39 is 0 Å². The van der Waals surface area contributed by atoms with Crippen LogP contribution in [0.1, 0.15) is 52.9 Å². The second-order valence-corrected chi connectivity index (χ2v) is 6.59. The van der Waals surface area contributed by atoms with E-state index in [0.717, 1.165) is 32.5 Å². The maximum atomic E-state index is 8.79. The molecule has 1 N–H and O–H groups in total. The predicted molar refractivity (Wildman–Crippen MR) is 81.2 cm³/mol. The van der Waals surface area contributed by atoms with Gasteiger partial charge in [0.1, 0.15) is 0 Å². The van der Waals surface area contributed by atoms with Gasteiger partial charge in [-0.25, -0.2) is 0 Å². The van der Waals surface area contributed by atoms with E-state index in [1.807, 2.05) is 0 Å². The minimum Gasteiger partial charge on any atom is -0.396 e. The lowest BCUT2D eigenvalue weighted by Crippen LogP contribution is -2.19. The molecule has 0 unspecified atom stereocenters. The molecule has 2 heteroatoms. The minimum absolute atomic E-state index is 0.181. The Labute approximate surface area is 118 Å². The maximum Gasteiger partial charge on any atom is 0.0525 e. The van der Waals surface area contributed by atoms with Crippen LogP contribution in [0.3, 0.4) is 0 Å². The van der Waals surface area contributed by atoms with E-state index >= 15 is 0 Å². The Morgan fingerprint density at radius 2 is 1.42 bits per heavy atom. The Hall–Kier alpha value is -0.600. The summed E-state index contributed by atoms with van der Waals surface area (Å²) in [5.74, 6) is 0. The summed E-state index contributed by atoms with van der Waals surface area (Å²) in [6.45, 7) is 8.70. The second-order valence-electron chi connectivity index (χ2n) is 6.59. The van der Waals surface area contributed by atoms with Gasteiger partial charge in [0.2, 0.25) is 0 Å². The van der Waals surface area contributed by atoms with Crippen LogP contribution in [0.15, 0.2) is 24.3 Å². The first kappa shape index (κ1) is 16.5. The van der Waals surface area contributed by atoms with Crippen LogP contribution in [0.4, 0.5) is 0 Å². The molecule has 0 heterocycles. The number of ether oxygens (including phenoxy) is 1. The van der Waals surface area contributed by atoms with Gasteiger partial charge in [-0.1, -0.05) is 45.1 Å². The monoisotopic (exact) mass is 266 g/mol. The Kier molecular flexibility index (Phi) is 6.81. The molecule has 110 valence electrons. The molecule has 0 aromatic carbocycles. The minimum atomic E-state index is 0.181. The molecule has 0 amide bonds. The van der Waals surface area contributed by atoms with Gasteiger partial charge in [0, 0.05) is 13.2 Å². The largest absolute Gasteiger partial charge is 0.396 e. The number of aliphatic hydroxyl groups excluding tert-OH is 1. The summed E-state index contributed by atoms with van der Waals surface area (Å²) in [5, 5.41) is 8.79. The van der Waals surface area contributed by atoms with E-state index in [9.17, 15) is 0 Å². The number of rotatable bonds is 5. The van der Waals surface area contributed by atoms with Crippen molar-refractivity contribution < 1.29 is 9.84 Å². The summed E-state index contributed by atoms with van der Waals surface area (Å²) >= 11 is 0. The van der Waals surface area contributed by atoms with Crippen molar-refractivity contribution in [3.05, 3.63) is 24.3 Å². The Bertz CT molecular complexity index is 288. The van der Waals surface area contributed by atoms with Crippen LogP contribution in [0.5, 0.6) is 0 Å². The lowest BCUT2D eigenvalue weighted by molar-refractivity contribution is 0.0598. The van der Waals surface area contributed by atoms with Crippen LogP contribution < -0.4 is 0 Å². The second kappa shape index (κ2) is 7.86. The van der Waals surface area contributed by atoms with E-state index in [0.29, 0.717) is 12.0 Å². The van der Waals surface area contributed by atoms with Crippen molar-refractivity contribution >= 4 is 0 Å². The fourth-order valence-electron chi connectivity index (χ4n) is 2.35. The molecule has 0 radical (unpaired) electrons. The third-order valence-electron chi connectivity index (χ3n) is 3.96. The molecule has 2 aliphatic carbocycles. The van der Waals surface area contributed by atoms with Gasteiger partial charge in [-0.05, 0) is 42.9 Å². The van der Waals surface area contributed by atoms with Crippen molar-refractivity contribution in [2.75, 3.05) is 19.8 Å². The lowest BCUT2D eigenvalue weighted by Gasteiger charge is -2.22. The van der Waals surface area contributed by atoms with Crippen LogP contribution in [0.25, 0.3) is 0 Å². The van der Waals surface area contributed by atoms with Crippen molar-refractivity contribution in [1.82, 2.24) is 0 Å². The zero-order valence-electron chi connectivity index (χ0n) is 12.8. The van der Waals surface area contributed by atoms with Crippen LogP contribution >= 0.6 is 0 Å². The Morgan fingerprint density at radius 3 is 1.79 bits per heavy atom. The lowest BCUT2D eigenvalue weighted by atomic mass is 9.89. The summed E-state index contributed by atoms with van der Waals surface area (Å²) in [6, 6.07) is 0. The molecule has 0 spiro atoms. The smallest absolute Gasteiger partial charge is 0.0525 e. The van der Waals surface area contributed by atoms with Crippen LogP contribution in [0, 0.1) is 10.8 Å². The van der Waals surface area contributed by atoms with E-state index in [4.69, 9.17) is 9.84 Å². The number of aliphatic hydroxyl groups is 1. The standard InChI is InChI=1S/C10H18O.C7H12O/c1-3-8-11-9-10(2)6-4-5-7-10;1-7(6-8)4-2-3-5-7/h4-5H,3,6-9H2,1-2H3;2-3,8H,4-6H2,1H3. The highest BCUT2D eigenvalue weighted by Gasteiger charge is 2.25. The van der Waals surface area contributed by atoms with Gasteiger partial charge in [-0.15, -0.1) is 0 Å². The predicted octanol–water partition coefficient (Wildman–Crippen LogP) is 4.10. The molecule has 0 aromatic rings. The summed E-state index contributed by atoms with van der Waals surface area (Å²) in [6.07, 6.45) is 14.4. The van der Waals surface area contributed by atoms with E-state index in [1.54, 1.807) is 0 Å². The first-order valence-corrected chi connectivity index (χ1v) is 7.52. The molecule has 2 nitrogen and oxygen atoms in total. The van der Waals surface area contributed by atoms with Gasteiger partial charge in [0.25, 0.3) is 0 Å². The fourth-order valence-corrected chi connectivity index (χ4v) is 2.35. The highest BCUT2D eigenvalue weighted by Crippen LogP contribution is 2.32. The fraction of sp³-hybridized carbons (Fsp3) is 0.765. The molecule has 19 heavy (non-hydrogen) atoms. The van der Waals surface area contributed by atoms with Crippen molar-refractivity contribution in [3.63, 3.8) is 0 Å². The topological polar surface area (TPSA) is 29.5 Å². The summed E-state index contributed by atoms with van der Waals surface area (Å²) < 4.78 is 5.53. The molecule has 0 atom stereocenters. The van der Waals surface area contributed by atoms with Crippen molar-refractivity contribution in [2.24, 2.45) is 10.8 Å². The molecular weight excluding hydrogens is 236 g/mol. The Balaban J connectivity index is 0.000000200. The number of hydrogen-bond acceptors (Lipinski definition) is 2. The van der Waals surface area contributed by atoms with Crippen LogP contribution in [-0.4, -0.2) is 24.9 Å². The average molecular weight is 266 g/mol. The van der Waals surface area contributed by atoms with E-state index in [1.165, 1.54) is 12.8 Å². The normalized spacial score (nSPS) is 22.3. The average Bonchev–Trinajstić information content (AvgIpc) is 3.01. The summed E-state index contributed by atoms with van der Waals surface area (Å²) in [5.41, 5.74) is 0.592. The molecule has 0 aliphatic heterocycles. The van der Waals surface area contributed by atoms with Gasteiger partial charge >= 0.3 is 0 Å². The SMILES string of the molecule is CC1(CO)CC=CC1.CCCOCC1(C)CC=CC1. The third-order valence-corrected chi connectivity index (χ3v) is 3.96. The summed E-state index contributed by atoms with van der Waals surface area (Å²) in [4.78, 5) is 0. The molecule has 2 aliphatic rings. The molecule has 0 bridgehead atoms. The molecule has 0 saturated carbocycles. The highest BCUT2D eigenvalue weighted by atomic mass is 16.5. The van der Waals surface area contributed by atoms with Gasteiger partial charge in [-0.2, -0.15) is 0 Å². The van der Waals surface area contributed by atoms with Crippen molar-refractivity contribution in [1.29, 1.82) is 0 Å². The third kappa shape index (κ3) is 5.92. The zero-order chi connectivity index (χ0) is 14.2. The van der Waals surface area contributed by atoms with Gasteiger partial charge in [0.05, 0.1) is 6.61 Å². The van der Waals surface area contributed by atoms with Gasteiger partial charge < -0.3 is 9.84 Å². The van der Waals surface area contributed by atoms with Gasteiger partial charge in [-0.3, -0.25) is 0 Å². The van der Waals surface area contributed by atoms with Crippen LogP contribution in [-0.2, 0) is 4.74 Å². The van der Waals surface area contributed by atoms with Crippen molar-refractivity contribution in [2.45, 2.75) is 52.9 Å². The molecule has 0 fully saturated rings. The quantitative estimate of drug-likeness (QED) is 0.599. The number of hydrogen-bond donors (Lipinski definition) is 1. The van der Waals surface area contributed by atoms with Crippen LogP contribution in [0.2, 0.25) is 0 Å². The first-order chi connectivity index (χ1) is 9.04. The maximum absolute atomic E-state index is 8.79. The molecule has 0 aromatic heterocycles. The molecule has 2 rings (SSSR count). The highest BCUT2D eigenvalue weighted by molar-refractivity contribution is 5.01. The zero-order valence-corrected chi connectivity index (χ0v) is 12.8. The van der Waals surface area contributed by atoms with E-state index in [-0.39, 0.29) is 5.41 Å². The van der Waals surface area contributed by atoms with Crippen molar-refractivity contribution in [3.8, 4) is 0 Å². The molecule has 0 saturated heterocycles. The van der Waals surface area contributed by atoms with Gasteiger partial charge in [0.15, 0.2) is 0 Å². The first-order valence-electron chi connectivity index (χ1n) is 7.52. The Morgan fingerprint density at radius 1 is 0.947 bits per heavy atom. The summed E-state index contributed by atoms with van der Waals surface area (Å²) in [7, 11) is 0. The number of allylic oxidation sites excluding steroid dienone is 4. The molecular formula is C17H30O2. The van der Waals surface area contributed by atoms with E-state index in [2.05, 4.69) is 45.1 Å².